The van der Waals surface area contributed by atoms with Crippen LogP contribution in [0.1, 0.15) is 28.6 Å². The second-order valence-electron chi connectivity index (χ2n) is 5.27. The first-order valence-electron chi connectivity index (χ1n) is 6.80. The van der Waals surface area contributed by atoms with E-state index in [-0.39, 0.29) is 0 Å². The number of para-hydroxylation sites is 2. The Bertz CT molecular complexity index is 633. The Morgan fingerprint density at radius 1 is 1.15 bits per heavy atom. The van der Waals surface area contributed by atoms with Crippen molar-refractivity contribution >= 4 is 0 Å². The highest BCUT2D eigenvalue weighted by atomic mass is 16.6. The zero-order valence-electron chi connectivity index (χ0n) is 11.9. The van der Waals surface area contributed by atoms with Gasteiger partial charge in [0.15, 0.2) is 17.6 Å². The number of fused-ring (bicyclic) bond motifs is 1. The highest BCUT2D eigenvalue weighted by molar-refractivity contribution is 5.41. The molecule has 4 heteroatoms. The highest BCUT2D eigenvalue weighted by Crippen LogP contribution is 2.35. The molecule has 0 amide bonds. The van der Waals surface area contributed by atoms with Crippen LogP contribution in [-0.2, 0) is 0 Å². The molecule has 0 saturated heterocycles. The summed E-state index contributed by atoms with van der Waals surface area (Å²) in [4.78, 5) is 3.25. The minimum Gasteiger partial charge on any atom is -0.486 e. The molecule has 0 bridgehead atoms. The van der Waals surface area contributed by atoms with Crippen LogP contribution in [0.25, 0.3) is 0 Å². The minimum atomic E-state index is -0.726. The van der Waals surface area contributed by atoms with Gasteiger partial charge >= 0.3 is 0 Å². The molecule has 1 aliphatic rings. The molecule has 2 heterocycles. The smallest absolute Gasteiger partial charge is 0.164 e. The van der Waals surface area contributed by atoms with E-state index >= 15 is 0 Å². The molecule has 106 valence electrons. The maximum Gasteiger partial charge on any atom is 0.164 e. The molecule has 2 unspecified atom stereocenters. The lowest BCUT2D eigenvalue weighted by Crippen LogP contribution is -2.35. The van der Waals surface area contributed by atoms with Crippen LogP contribution in [-0.4, -0.2) is 22.8 Å². The molecule has 2 N–H and O–H groups in total. The van der Waals surface area contributed by atoms with Crippen molar-refractivity contribution in [1.82, 2.24) is 4.98 Å². The van der Waals surface area contributed by atoms with Gasteiger partial charge in [-0.25, -0.2) is 0 Å². The predicted octanol–water partition coefficient (Wildman–Crippen LogP) is 2.81. The molecule has 0 aliphatic carbocycles. The van der Waals surface area contributed by atoms with Crippen molar-refractivity contribution in [1.29, 1.82) is 0 Å². The van der Waals surface area contributed by atoms with Gasteiger partial charge < -0.3 is 19.6 Å². The number of aromatic amines is 1. The third-order valence-corrected chi connectivity index (χ3v) is 4.03. The van der Waals surface area contributed by atoms with Gasteiger partial charge in [0.1, 0.15) is 12.7 Å². The molecule has 0 radical (unpaired) electrons. The summed E-state index contributed by atoms with van der Waals surface area (Å²) in [5.41, 5.74) is 4.15. The Balaban J connectivity index is 1.85. The van der Waals surface area contributed by atoms with Gasteiger partial charge in [0.2, 0.25) is 0 Å². The van der Waals surface area contributed by atoms with Crippen LogP contribution < -0.4 is 9.47 Å². The van der Waals surface area contributed by atoms with Gasteiger partial charge in [-0.1, -0.05) is 12.1 Å². The lowest BCUT2D eigenvalue weighted by Gasteiger charge is -2.29. The normalized spacial score (nSPS) is 18.9. The van der Waals surface area contributed by atoms with Crippen molar-refractivity contribution in [2.45, 2.75) is 33.0 Å². The zero-order chi connectivity index (χ0) is 14.3. The molecular weight excluding hydrogens is 254 g/mol. The lowest BCUT2D eigenvalue weighted by atomic mass is 10.0. The number of aromatic nitrogens is 1. The number of aliphatic hydroxyl groups is 1. The first-order valence-corrected chi connectivity index (χ1v) is 6.80. The molecule has 0 saturated carbocycles. The van der Waals surface area contributed by atoms with Gasteiger partial charge in [-0.2, -0.15) is 0 Å². The van der Waals surface area contributed by atoms with Gasteiger partial charge in [-0.05, 0) is 44.0 Å². The Morgan fingerprint density at radius 3 is 2.50 bits per heavy atom. The number of H-pyrrole nitrogens is 1. The number of aryl methyl sites for hydroxylation is 1. The number of hydrogen-bond donors (Lipinski definition) is 2. The fourth-order valence-electron chi connectivity index (χ4n) is 2.55. The van der Waals surface area contributed by atoms with Gasteiger partial charge in [0, 0.05) is 5.69 Å². The van der Waals surface area contributed by atoms with Crippen molar-refractivity contribution in [3.8, 4) is 11.5 Å². The quantitative estimate of drug-likeness (QED) is 0.884. The summed E-state index contributed by atoms with van der Waals surface area (Å²) in [7, 11) is 0. The molecule has 1 aromatic carbocycles. The van der Waals surface area contributed by atoms with E-state index in [4.69, 9.17) is 9.47 Å². The van der Waals surface area contributed by atoms with E-state index in [0.29, 0.717) is 12.4 Å². The van der Waals surface area contributed by atoms with Crippen molar-refractivity contribution in [3.05, 3.63) is 46.8 Å². The van der Waals surface area contributed by atoms with Crippen LogP contribution >= 0.6 is 0 Å². The maximum absolute atomic E-state index is 10.6. The molecule has 0 spiro atoms. The largest absolute Gasteiger partial charge is 0.486 e. The Morgan fingerprint density at radius 2 is 1.85 bits per heavy atom. The topological polar surface area (TPSA) is 54.5 Å². The van der Waals surface area contributed by atoms with Gasteiger partial charge in [-0.15, -0.1) is 0 Å². The average Bonchev–Trinajstić information content (AvgIpc) is 2.73. The van der Waals surface area contributed by atoms with E-state index in [9.17, 15) is 5.11 Å². The second kappa shape index (κ2) is 4.87. The number of rotatable bonds is 2. The van der Waals surface area contributed by atoms with Crippen molar-refractivity contribution in [2.75, 3.05) is 6.61 Å². The summed E-state index contributed by atoms with van der Waals surface area (Å²) in [6.45, 7) is 6.40. The number of ether oxygens (including phenoxy) is 2. The highest BCUT2D eigenvalue weighted by Gasteiger charge is 2.31. The fraction of sp³-hybridized carbons (Fsp3) is 0.375. The Kier molecular flexibility index (Phi) is 3.18. The van der Waals surface area contributed by atoms with E-state index < -0.39 is 12.2 Å². The Labute approximate surface area is 118 Å². The average molecular weight is 273 g/mol. The van der Waals surface area contributed by atoms with E-state index in [1.165, 1.54) is 5.56 Å². The molecule has 1 aromatic heterocycles. The number of aliphatic hydroxyl groups excluding tert-OH is 1. The van der Waals surface area contributed by atoms with Crippen LogP contribution in [0, 0.1) is 20.8 Å². The zero-order valence-corrected chi connectivity index (χ0v) is 11.9. The van der Waals surface area contributed by atoms with Crippen LogP contribution in [0.15, 0.2) is 24.3 Å². The molecule has 0 fully saturated rings. The first-order chi connectivity index (χ1) is 9.58. The van der Waals surface area contributed by atoms with Crippen LogP contribution in [0.5, 0.6) is 11.5 Å². The van der Waals surface area contributed by atoms with Crippen molar-refractivity contribution < 1.29 is 14.6 Å². The SMILES string of the molecule is Cc1[nH]c(C(O)C2COc3ccccc3O2)c(C)c1C. The van der Waals surface area contributed by atoms with Gasteiger partial charge in [-0.3, -0.25) is 0 Å². The summed E-state index contributed by atoms with van der Waals surface area (Å²) < 4.78 is 11.5. The van der Waals surface area contributed by atoms with E-state index in [1.807, 2.05) is 45.0 Å². The van der Waals surface area contributed by atoms with Gasteiger partial charge in [0.25, 0.3) is 0 Å². The molecule has 2 atom stereocenters. The van der Waals surface area contributed by atoms with Crippen molar-refractivity contribution in [3.63, 3.8) is 0 Å². The Hall–Kier alpha value is -1.94. The standard InChI is InChI=1S/C16H19NO3/c1-9-10(2)15(17-11(9)3)16(18)14-8-19-12-6-4-5-7-13(12)20-14/h4-7,14,16-18H,8H2,1-3H3. The lowest BCUT2D eigenvalue weighted by molar-refractivity contribution is -0.0133. The summed E-state index contributed by atoms with van der Waals surface area (Å²) in [6, 6.07) is 7.52. The second-order valence-corrected chi connectivity index (χ2v) is 5.27. The van der Waals surface area contributed by atoms with E-state index in [0.717, 1.165) is 22.7 Å². The third kappa shape index (κ3) is 2.06. The molecule has 4 nitrogen and oxygen atoms in total. The molecule has 20 heavy (non-hydrogen) atoms. The van der Waals surface area contributed by atoms with Crippen LogP contribution in [0.4, 0.5) is 0 Å². The number of benzene rings is 1. The van der Waals surface area contributed by atoms with Crippen molar-refractivity contribution in [2.24, 2.45) is 0 Å². The van der Waals surface area contributed by atoms with E-state index in [2.05, 4.69) is 4.98 Å². The molecule has 2 aromatic rings. The summed E-state index contributed by atoms with van der Waals surface area (Å²) in [5, 5.41) is 10.6. The fourth-order valence-corrected chi connectivity index (χ4v) is 2.55. The number of nitrogens with one attached hydrogen (secondary N) is 1. The van der Waals surface area contributed by atoms with Gasteiger partial charge in [0.05, 0.1) is 5.69 Å². The predicted molar refractivity (Wildman–Crippen MR) is 76.3 cm³/mol. The molecular formula is C16H19NO3. The monoisotopic (exact) mass is 273 g/mol. The van der Waals surface area contributed by atoms with Crippen LogP contribution in [0.2, 0.25) is 0 Å². The third-order valence-electron chi connectivity index (χ3n) is 4.03. The minimum absolute atomic E-state index is 0.342. The summed E-state index contributed by atoms with van der Waals surface area (Å²) in [6.07, 6.45) is -1.13. The number of hydrogen-bond acceptors (Lipinski definition) is 3. The van der Waals surface area contributed by atoms with Crippen LogP contribution in [0.3, 0.4) is 0 Å². The maximum atomic E-state index is 10.6. The summed E-state index contributed by atoms with van der Waals surface area (Å²) >= 11 is 0. The molecule has 3 rings (SSSR count). The van der Waals surface area contributed by atoms with E-state index in [1.54, 1.807) is 0 Å². The molecule has 1 aliphatic heterocycles. The summed E-state index contributed by atoms with van der Waals surface area (Å²) in [5.74, 6) is 1.41. The first kappa shape index (κ1) is 13.1.